The highest BCUT2D eigenvalue weighted by Crippen LogP contribution is 2.43. The molecule has 7 nitrogen and oxygen atoms in total. The Labute approximate surface area is 278 Å². The summed E-state index contributed by atoms with van der Waals surface area (Å²) in [5.41, 5.74) is 11.2. The van der Waals surface area contributed by atoms with Crippen molar-refractivity contribution in [2.24, 2.45) is 0 Å². The van der Waals surface area contributed by atoms with Crippen LogP contribution in [0.25, 0.3) is 78.2 Å². The molecule has 9 heteroatoms. The van der Waals surface area contributed by atoms with Crippen molar-refractivity contribution in [3.05, 3.63) is 137 Å². The minimum absolute atomic E-state index is 0.598. The van der Waals surface area contributed by atoms with E-state index in [0.717, 1.165) is 67.0 Å². The highest BCUT2D eigenvalue weighted by molar-refractivity contribution is 9.11. The van der Waals surface area contributed by atoms with Gasteiger partial charge in [-0.25, -0.2) is 15.0 Å². The van der Waals surface area contributed by atoms with Gasteiger partial charge in [-0.3, -0.25) is 17.9 Å². The third-order valence-corrected chi connectivity index (χ3v) is 9.55. The van der Waals surface area contributed by atoms with Gasteiger partial charge < -0.3 is 0 Å². The summed E-state index contributed by atoms with van der Waals surface area (Å²) in [7, 11) is 0. The zero-order valence-electron chi connectivity index (χ0n) is 24.0. The second-order valence-electron chi connectivity index (χ2n) is 11.3. The molecule has 0 atom stereocenters. The molecule has 0 N–H and O–H groups in total. The standard InChI is InChI=1S/C37H21Br2N7/c38-30-21-31(39)42-36(41-30)33-34-28(45-26-17-9-7-11-22(26)19-32(45)43(34)23-12-3-1-4-13-23)20-29-35(33)44(24-14-5-2-6-15-24)37-40-25-16-8-10-18-27(25)46(29)37/h1-21H. The van der Waals surface area contributed by atoms with E-state index in [1.807, 2.05) is 18.2 Å². The van der Waals surface area contributed by atoms with Crippen LogP contribution >= 0.6 is 31.9 Å². The maximum atomic E-state index is 5.21. The molecule has 0 aliphatic carbocycles. The van der Waals surface area contributed by atoms with E-state index >= 15 is 0 Å². The van der Waals surface area contributed by atoms with Crippen LogP contribution < -0.4 is 0 Å². The molecule has 46 heavy (non-hydrogen) atoms. The Morgan fingerprint density at radius 2 is 1.07 bits per heavy atom. The molecule has 10 rings (SSSR count). The fourth-order valence-electron chi connectivity index (χ4n) is 6.98. The lowest BCUT2D eigenvalue weighted by atomic mass is 10.1. The van der Waals surface area contributed by atoms with Crippen molar-refractivity contribution in [2.75, 3.05) is 0 Å². The molecule has 5 aromatic carbocycles. The van der Waals surface area contributed by atoms with Gasteiger partial charge >= 0.3 is 0 Å². The van der Waals surface area contributed by atoms with Gasteiger partial charge in [-0.1, -0.05) is 66.7 Å². The molecule has 0 unspecified atom stereocenters. The van der Waals surface area contributed by atoms with E-state index in [1.165, 1.54) is 5.39 Å². The number of hydrogen-bond donors (Lipinski definition) is 0. The number of aromatic nitrogens is 7. The summed E-state index contributed by atoms with van der Waals surface area (Å²) in [5, 5.41) is 1.17. The molecule has 218 valence electrons. The van der Waals surface area contributed by atoms with Gasteiger partial charge in [0.15, 0.2) is 5.82 Å². The number of fused-ring (bicyclic) bond motifs is 10. The van der Waals surface area contributed by atoms with Crippen molar-refractivity contribution >= 4 is 87.3 Å². The van der Waals surface area contributed by atoms with E-state index < -0.39 is 0 Å². The maximum absolute atomic E-state index is 5.21. The molecule has 0 aliphatic heterocycles. The summed E-state index contributed by atoms with van der Waals surface area (Å²) >= 11 is 7.33. The largest absolute Gasteiger partial charge is 0.293 e. The molecule has 5 heterocycles. The number of imidazole rings is 3. The van der Waals surface area contributed by atoms with E-state index in [0.29, 0.717) is 15.0 Å². The first kappa shape index (κ1) is 26.0. The van der Waals surface area contributed by atoms with Crippen LogP contribution in [0.15, 0.2) is 137 Å². The molecular formula is C37H21Br2N7. The summed E-state index contributed by atoms with van der Waals surface area (Å²) in [4.78, 5) is 15.2. The Morgan fingerprint density at radius 3 is 1.80 bits per heavy atom. The second kappa shape index (κ2) is 9.62. The first-order valence-electron chi connectivity index (χ1n) is 14.9. The highest BCUT2D eigenvalue weighted by Gasteiger charge is 2.28. The van der Waals surface area contributed by atoms with Crippen molar-refractivity contribution < 1.29 is 0 Å². The molecule has 10 aromatic rings. The third-order valence-electron chi connectivity index (χ3n) is 8.74. The smallest absolute Gasteiger partial charge is 0.220 e. The first-order valence-corrected chi connectivity index (χ1v) is 16.4. The quantitative estimate of drug-likeness (QED) is 0.171. The van der Waals surface area contributed by atoms with Gasteiger partial charge in [0.05, 0.1) is 44.2 Å². The minimum atomic E-state index is 0.598. The molecular weight excluding hydrogens is 702 g/mol. The van der Waals surface area contributed by atoms with Crippen LogP contribution in [0.5, 0.6) is 0 Å². The molecule has 5 aromatic heterocycles. The van der Waals surface area contributed by atoms with E-state index in [1.54, 1.807) is 0 Å². The highest BCUT2D eigenvalue weighted by atomic mass is 79.9. The molecule has 0 bridgehead atoms. The molecule has 0 fully saturated rings. The van der Waals surface area contributed by atoms with Gasteiger partial charge in [0.25, 0.3) is 0 Å². The number of hydrogen-bond acceptors (Lipinski definition) is 3. The Bertz CT molecular complexity index is 2640. The van der Waals surface area contributed by atoms with Crippen LogP contribution in [0.4, 0.5) is 0 Å². The van der Waals surface area contributed by atoms with E-state index in [4.69, 9.17) is 15.0 Å². The van der Waals surface area contributed by atoms with Gasteiger partial charge in [0, 0.05) is 22.8 Å². The van der Waals surface area contributed by atoms with Crippen molar-refractivity contribution in [1.29, 1.82) is 0 Å². The van der Waals surface area contributed by atoms with Gasteiger partial charge in [0.2, 0.25) is 5.78 Å². The van der Waals surface area contributed by atoms with Crippen molar-refractivity contribution in [1.82, 2.24) is 32.9 Å². The summed E-state index contributed by atoms with van der Waals surface area (Å²) in [6, 6.07) is 44.2. The predicted molar refractivity (Wildman–Crippen MR) is 191 cm³/mol. The fourth-order valence-corrected chi connectivity index (χ4v) is 8.05. The maximum Gasteiger partial charge on any atom is 0.220 e. The van der Waals surface area contributed by atoms with Crippen LogP contribution in [0.1, 0.15) is 0 Å². The van der Waals surface area contributed by atoms with E-state index in [-0.39, 0.29) is 0 Å². The molecule has 0 saturated heterocycles. The van der Waals surface area contributed by atoms with Gasteiger partial charge in [-0.2, -0.15) is 0 Å². The van der Waals surface area contributed by atoms with Gasteiger partial charge in [0.1, 0.15) is 14.9 Å². The van der Waals surface area contributed by atoms with E-state index in [2.05, 4.69) is 159 Å². The zero-order chi connectivity index (χ0) is 30.5. The lowest BCUT2D eigenvalue weighted by Gasteiger charge is -2.14. The lowest BCUT2D eigenvalue weighted by molar-refractivity contribution is 1.09. The minimum Gasteiger partial charge on any atom is -0.293 e. The topological polar surface area (TPSA) is 57.4 Å². The average Bonchev–Trinajstić information content (AvgIpc) is 3.80. The second-order valence-corrected chi connectivity index (χ2v) is 12.9. The van der Waals surface area contributed by atoms with E-state index in [9.17, 15) is 0 Å². The van der Waals surface area contributed by atoms with Crippen molar-refractivity contribution in [3.63, 3.8) is 0 Å². The monoisotopic (exact) mass is 721 g/mol. The molecule has 0 aliphatic rings. The summed E-state index contributed by atoms with van der Waals surface area (Å²) in [6.07, 6.45) is 0. The normalized spacial score (nSPS) is 12.1. The number of halogens is 2. The number of rotatable bonds is 3. The Kier molecular flexibility index (Phi) is 5.44. The fraction of sp³-hybridized carbons (Fsp3) is 0. The van der Waals surface area contributed by atoms with Gasteiger partial charge in [-0.15, -0.1) is 0 Å². The molecule has 0 amide bonds. The van der Waals surface area contributed by atoms with Crippen LogP contribution in [-0.2, 0) is 0 Å². The van der Waals surface area contributed by atoms with Crippen LogP contribution in [0, 0.1) is 0 Å². The summed E-state index contributed by atoms with van der Waals surface area (Å²) in [6.45, 7) is 0. The van der Waals surface area contributed by atoms with Crippen LogP contribution in [0.3, 0.4) is 0 Å². The zero-order valence-corrected chi connectivity index (χ0v) is 27.2. The van der Waals surface area contributed by atoms with Crippen LogP contribution in [-0.4, -0.2) is 32.9 Å². The first-order chi connectivity index (χ1) is 22.7. The van der Waals surface area contributed by atoms with Crippen LogP contribution in [0.2, 0.25) is 0 Å². The van der Waals surface area contributed by atoms with Crippen molar-refractivity contribution in [2.45, 2.75) is 0 Å². The Balaban J connectivity index is 1.56. The summed E-state index contributed by atoms with van der Waals surface area (Å²) in [5.74, 6) is 1.42. The molecule has 0 radical (unpaired) electrons. The third kappa shape index (κ3) is 3.55. The molecule has 0 spiro atoms. The number of benzene rings is 5. The lowest BCUT2D eigenvalue weighted by Crippen LogP contribution is -2.02. The Hall–Kier alpha value is -5.25. The number of para-hydroxylation sites is 5. The average molecular weight is 723 g/mol. The summed E-state index contributed by atoms with van der Waals surface area (Å²) < 4.78 is 10.6. The Morgan fingerprint density at radius 1 is 0.478 bits per heavy atom. The number of nitrogens with zero attached hydrogens (tertiary/aromatic N) is 7. The van der Waals surface area contributed by atoms with Gasteiger partial charge in [-0.05, 0) is 86.5 Å². The molecule has 0 saturated carbocycles. The predicted octanol–water partition coefficient (Wildman–Crippen LogP) is 9.76. The van der Waals surface area contributed by atoms with Crippen molar-refractivity contribution in [3.8, 4) is 22.8 Å². The SMILES string of the molecule is Brc1cc(Br)nc(-c2c3c(cc4c2n(-c2ccccc2)c2nc5ccccc5n42)n2c4ccccc4cc2n3-c2ccccc2)n1.